The Morgan fingerprint density at radius 2 is 1.85 bits per heavy atom. The summed E-state index contributed by atoms with van der Waals surface area (Å²) in [4.78, 5) is 24.5. The summed E-state index contributed by atoms with van der Waals surface area (Å²) in [6.45, 7) is -0.140. The van der Waals surface area contributed by atoms with Crippen molar-refractivity contribution in [1.82, 2.24) is 10.6 Å². The number of thiophene rings is 1. The Balaban J connectivity index is 1.43. The topological polar surface area (TPSA) is 78.4 Å². The molecule has 0 saturated carbocycles. The van der Waals surface area contributed by atoms with Crippen molar-refractivity contribution < 1.29 is 19.1 Å². The number of hydrogen-bond acceptors (Lipinski definition) is 4. The first-order chi connectivity index (χ1) is 13.0. The van der Waals surface area contributed by atoms with E-state index in [-0.39, 0.29) is 25.4 Å². The van der Waals surface area contributed by atoms with Crippen LogP contribution in [-0.4, -0.2) is 30.0 Å². The zero-order valence-electron chi connectivity index (χ0n) is 14.4. The summed E-state index contributed by atoms with van der Waals surface area (Å²) in [5, 5.41) is 16.4. The molecule has 0 unspecified atom stereocenters. The maximum atomic E-state index is 13.1. The van der Waals surface area contributed by atoms with Crippen LogP contribution < -0.4 is 10.6 Å². The summed E-state index contributed by atoms with van der Waals surface area (Å²) >= 11 is 1.48. The number of aliphatic hydroxyl groups excluding tert-OH is 1. The van der Waals surface area contributed by atoms with Crippen molar-refractivity contribution in [2.24, 2.45) is 0 Å². The molecule has 0 aliphatic heterocycles. The van der Waals surface area contributed by atoms with E-state index in [1.54, 1.807) is 6.07 Å². The molecule has 0 saturated heterocycles. The van der Waals surface area contributed by atoms with Gasteiger partial charge in [0.15, 0.2) is 0 Å². The number of hydrogen-bond donors (Lipinski definition) is 3. The van der Waals surface area contributed by atoms with Gasteiger partial charge in [0, 0.05) is 16.1 Å². The lowest BCUT2D eigenvalue weighted by molar-refractivity contribution is -0.126. The highest BCUT2D eigenvalue weighted by atomic mass is 32.1. The smallest absolute Gasteiger partial charge is 0.239 e. The number of halogens is 1. The van der Waals surface area contributed by atoms with Gasteiger partial charge in [0.25, 0.3) is 0 Å². The number of carbonyl (C=O) groups is 2. The van der Waals surface area contributed by atoms with Crippen molar-refractivity contribution in [2.75, 3.05) is 13.1 Å². The van der Waals surface area contributed by atoms with E-state index in [1.807, 2.05) is 30.3 Å². The molecule has 0 radical (unpaired) electrons. The molecule has 0 aliphatic rings. The number of nitrogens with one attached hydrogen (secondary N) is 2. The number of benzene rings is 2. The third-order valence-electron chi connectivity index (χ3n) is 3.97. The molecular weight excluding hydrogens is 367 g/mol. The van der Waals surface area contributed by atoms with Crippen molar-refractivity contribution in [1.29, 1.82) is 0 Å². The van der Waals surface area contributed by atoms with Crippen LogP contribution in [0.3, 0.4) is 0 Å². The zero-order chi connectivity index (χ0) is 19.2. The Bertz CT molecular complexity index is 924. The van der Waals surface area contributed by atoms with Crippen LogP contribution in [0.5, 0.6) is 0 Å². The molecule has 1 aromatic heterocycles. The highest BCUT2D eigenvalue weighted by molar-refractivity contribution is 7.19. The minimum absolute atomic E-state index is 0.00451. The maximum absolute atomic E-state index is 13.1. The first-order valence-electron chi connectivity index (χ1n) is 8.45. The Morgan fingerprint density at radius 1 is 1.04 bits per heavy atom. The summed E-state index contributed by atoms with van der Waals surface area (Å²) < 4.78 is 14.2. The summed E-state index contributed by atoms with van der Waals surface area (Å²) in [5.41, 5.74) is 0.535. The monoisotopic (exact) mass is 386 g/mol. The molecule has 0 aliphatic carbocycles. The van der Waals surface area contributed by atoms with E-state index in [9.17, 15) is 19.1 Å². The molecule has 3 N–H and O–H groups in total. The first-order valence-corrected chi connectivity index (χ1v) is 9.27. The number of carbonyl (C=O) groups excluding carboxylic acids is 2. The van der Waals surface area contributed by atoms with Crippen molar-refractivity contribution in [3.63, 3.8) is 0 Å². The van der Waals surface area contributed by atoms with Crippen LogP contribution >= 0.6 is 11.3 Å². The number of fused-ring (bicyclic) bond motifs is 1. The quantitative estimate of drug-likeness (QED) is 0.584. The van der Waals surface area contributed by atoms with Gasteiger partial charge in [-0.3, -0.25) is 9.59 Å². The number of aliphatic hydroxyl groups is 1. The van der Waals surface area contributed by atoms with Crippen LogP contribution in [0.4, 0.5) is 4.39 Å². The van der Waals surface area contributed by atoms with Gasteiger partial charge in [-0.25, -0.2) is 4.39 Å². The molecule has 27 heavy (non-hydrogen) atoms. The lowest BCUT2D eigenvalue weighted by atomic mass is 10.1. The van der Waals surface area contributed by atoms with Crippen LogP contribution in [0, 0.1) is 5.82 Å². The van der Waals surface area contributed by atoms with Crippen LogP contribution in [-0.2, 0) is 16.0 Å². The lowest BCUT2D eigenvalue weighted by Crippen LogP contribution is -2.39. The summed E-state index contributed by atoms with van der Waals surface area (Å²) in [6, 6.07) is 15.5. The largest absolute Gasteiger partial charge is 0.386 e. The molecule has 2 amide bonds. The van der Waals surface area contributed by atoms with E-state index in [1.165, 1.54) is 29.5 Å². The van der Waals surface area contributed by atoms with E-state index in [4.69, 9.17) is 0 Å². The molecule has 0 bridgehead atoms. The second-order valence-electron chi connectivity index (χ2n) is 6.09. The van der Waals surface area contributed by atoms with Crippen LogP contribution in [0.15, 0.2) is 54.6 Å². The standard InChI is InChI=1S/C20H19FN2O3S/c21-15-6-3-4-13(8-15)9-19(25)23-12-20(26)22-11-16(24)18-10-14-5-1-2-7-17(14)27-18/h1-8,10,16,24H,9,11-12H2,(H,22,26)(H,23,25)/t16-/m0/s1. The van der Waals surface area contributed by atoms with Gasteiger partial charge in [-0.15, -0.1) is 11.3 Å². The molecule has 0 spiro atoms. The first kappa shape index (κ1) is 19.0. The highest BCUT2D eigenvalue weighted by Crippen LogP contribution is 2.29. The molecule has 140 valence electrons. The van der Waals surface area contributed by atoms with Crippen molar-refractivity contribution >= 4 is 33.2 Å². The van der Waals surface area contributed by atoms with Gasteiger partial charge < -0.3 is 15.7 Å². The van der Waals surface area contributed by atoms with Gasteiger partial charge in [0.2, 0.25) is 11.8 Å². The molecule has 7 heteroatoms. The fraction of sp³-hybridized carbons (Fsp3) is 0.200. The summed E-state index contributed by atoms with van der Waals surface area (Å²) in [5.74, 6) is -1.18. The summed E-state index contributed by atoms with van der Waals surface area (Å²) in [6.07, 6.45) is -0.815. The van der Waals surface area contributed by atoms with E-state index < -0.39 is 17.8 Å². The van der Waals surface area contributed by atoms with Crippen molar-refractivity contribution in [3.05, 3.63) is 70.9 Å². The molecule has 1 heterocycles. The van der Waals surface area contributed by atoms with Gasteiger partial charge >= 0.3 is 0 Å². The Kier molecular flexibility index (Phi) is 6.16. The second-order valence-corrected chi connectivity index (χ2v) is 7.21. The third-order valence-corrected chi connectivity index (χ3v) is 5.18. The molecule has 5 nitrogen and oxygen atoms in total. The fourth-order valence-corrected chi connectivity index (χ4v) is 3.66. The minimum Gasteiger partial charge on any atom is -0.386 e. The van der Waals surface area contributed by atoms with Crippen LogP contribution in [0.1, 0.15) is 16.5 Å². The van der Waals surface area contributed by atoms with Gasteiger partial charge in [0.1, 0.15) is 11.9 Å². The number of amides is 2. The molecule has 0 fully saturated rings. The van der Waals surface area contributed by atoms with Crippen LogP contribution in [0.25, 0.3) is 10.1 Å². The van der Waals surface area contributed by atoms with E-state index in [0.717, 1.165) is 15.0 Å². The van der Waals surface area contributed by atoms with Gasteiger partial charge in [0.05, 0.1) is 13.0 Å². The predicted octanol–water partition coefficient (Wildman–Crippen LogP) is 2.55. The Hall–Kier alpha value is -2.77. The third kappa shape index (κ3) is 5.35. The van der Waals surface area contributed by atoms with E-state index in [2.05, 4.69) is 10.6 Å². The Morgan fingerprint density at radius 3 is 2.63 bits per heavy atom. The van der Waals surface area contributed by atoms with Crippen molar-refractivity contribution in [3.8, 4) is 0 Å². The highest BCUT2D eigenvalue weighted by Gasteiger charge is 2.13. The summed E-state index contributed by atoms with van der Waals surface area (Å²) in [7, 11) is 0. The molecule has 1 atom stereocenters. The van der Waals surface area contributed by atoms with E-state index >= 15 is 0 Å². The predicted molar refractivity (Wildman–Crippen MR) is 103 cm³/mol. The van der Waals surface area contributed by atoms with E-state index in [0.29, 0.717) is 5.56 Å². The van der Waals surface area contributed by atoms with Crippen LogP contribution in [0.2, 0.25) is 0 Å². The average molecular weight is 386 g/mol. The fourth-order valence-electron chi connectivity index (χ4n) is 2.61. The van der Waals surface area contributed by atoms with Gasteiger partial charge in [-0.1, -0.05) is 30.3 Å². The van der Waals surface area contributed by atoms with Gasteiger partial charge in [-0.2, -0.15) is 0 Å². The average Bonchev–Trinajstić information content (AvgIpc) is 3.09. The molecule has 3 aromatic rings. The number of rotatable bonds is 7. The minimum atomic E-state index is -0.811. The molecule has 3 rings (SSSR count). The normalized spacial score (nSPS) is 11.9. The van der Waals surface area contributed by atoms with Gasteiger partial charge in [-0.05, 0) is 35.2 Å². The Labute approximate surface area is 159 Å². The molecule has 2 aromatic carbocycles. The SMILES string of the molecule is O=C(CNC(=O)Cc1cccc(F)c1)NC[C@H](O)c1cc2ccccc2s1. The maximum Gasteiger partial charge on any atom is 0.239 e. The van der Waals surface area contributed by atoms with Crippen molar-refractivity contribution in [2.45, 2.75) is 12.5 Å². The zero-order valence-corrected chi connectivity index (χ0v) is 15.3. The second kappa shape index (κ2) is 8.75. The lowest BCUT2D eigenvalue weighted by Gasteiger charge is -2.11. The molecular formula is C20H19FN2O3S.